The number of hydrazine groups is 1. The Labute approximate surface area is 97.7 Å². The Morgan fingerprint density at radius 3 is 2.38 bits per heavy atom. The molecule has 0 aliphatic carbocycles. The third-order valence-electron chi connectivity index (χ3n) is 3.37. The molecule has 0 aromatic carbocycles. The number of nitrogens with zero attached hydrogens (tertiary/aromatic N) is 2. The van der Waals surface area contributed by atoms with Gasteiger partial charge in [0.1, 0.15) is 5.60 Å². The molecule has 1 unspecified atom stereocenters. The zero-order valence-corrected chi connectivity index (χ0v) is 10.7. The predicted octanol–water partition coefficient (Wildman–Crippen LogP) is 0.0801. The third kappa shape index (κ3) is 3.17. The van der Waals surface area contributed by atoms with E-state index in [9.17, 15) is 4.79 Å². The first-order valence-corrected chi connectivity index (χ1v) is 5.81. The van der Waals surface area contributed by atoms with Gasteiger partial charge in [-0.1, -0.05) is 6.92 Å². The first-order valence-electron chi connectivity index (χ1n) is 5.81. The maximum atomic E-state index is 12.0. The van der Waals surface area contributed by atoms with Gasteiger partial charge in [-0.25, -0.2) is 5.01 Å². The van der Waals surface area contributed by atoms with Crippen molar-refractivity contribution < 1.29 is 9.53 Å². The summed E-state index contributed by atoms with van der Waals surface area (Å²) < 4.78 is 5.26. The lowest BCUT2D eigenvalue weighted by Gasteiger charge is -2.35. The summed E-state index contributed by atoms with van der Waals surface area (Å²) in [7, 11) is 3.66. The molecule has 1 N–H and O–H groups in total. The van der Waals surface area contributed by atoms with Crippen molar-refractivity contribution in [3.05, 3.63) is 0 Å². The van der Waals surface area contributed by atoms with Crippen molar-refractivity contribution >= 4 is 5.91 Å². The number of likely N-dealkylation sites (N-methyl/N-ethyl adjacent to an activating group) is 1. The second-order valence-corrected chi connectivity index (χ2v) is 4.52. The molecule has 0 aromatic heterocycles. The van der Waals surface area contributed by atoms with E-state index in [0.29, 0.717) is 6.42 Å². The van der Waals surface area contributed by atoms with Gasteiger partial charge in [0.2, 0.25) is 0 Å². The molecule has 1 heterocycles. The molecule has 1 rings (SSSR count). The molecular formula is C11H23N3O2. The highest BCUT2D eigenvalue weighted by Gasteiger charge is 2.32. The number of hydrogen-bond donors (Lipinski definition) is 1. The SMILES string of the molecule is CCC(C)(OC)C(=O)NN1CCN(C)CC1. The van der Waals surface area contributed by atoms with Crippen LogP contribution < -0.4 is 5.43 Å². The van der Waals surface area contributed by atoms with Gasteiger partial charge in [0.05, 0.1) is 0 Å². The number of ether oxygens (including phenoxy) is 1. The van der Waals surface area contributed by atoms with Crippen LogP contribution in [0.5, 0.6) is 0 Å². The lowest BCUT2D eigenvalue weighted by atomic mass is 10.0. The van der Waals surface area contributed by atoms with Crippen LogP contribution >= 0.6 is 0 Å². The van der Waals surface area contributed by atoms with Crippen LogP contribution in [0.25, 0.3) is 0 Å². The van der Waals surface area contributed by atoms with Gasteiger partial charge in [-0.05, 0) is 20.4 Å². The summed E-state index contributed by atoms with van der Waals surface area (Å²) in [6.45, 7) is 7.47. The smallest absolute Gasteiger partial charge is 0.266 e. The highest BCUT2D eigenvalue weighted by atomic mass is 16.5. The van der Waals surface area contributed by atoms with Gasteiger partial charge >= 0.3 is 0 Å². The van der Waals surface area contributed by atoms with E-state index in [4.69, 9.17) is 4.74 Å². The number of carbonyl (C=O) groups excluding carboxylic acids is 1. The number of piperazine rings is 1. The molecule has 0 saturated carbocycles. The van der Waals surface area contributed by atoms with Gasteiger partial charge in [0, 0.05) is 33.3 Å². The molecule has 0 bridgehead atoms. The minimum atomic E-state index is -0.719. The molecule has 1 aliphatic rings. The molecule has 5 heteroatoms. The van der Waals surface area contributed by atoms with Crippen LogP contribution in [0.4, 0.5) is 0 Å². The topological polar surface area (TPSA) is 44.8 Å². The van der Waals surface area contributed by atoms with Crippen molar-refractivity contribution in [2.24, 2.45) is 0 Å². The fourth-order valence-electron chi connectivity index (χ4n) is 1.58. The van der Waals surface area contributed by atoms with Gasteiger partial charge < -0.3 is 9.64 Å². The normalized spacial score (nSPS) is 22.8. The fraction of sp³-hybridized carbons (Fsp3) is 0.909. The monoisotopic (exact) mass is 229 g/mol. The van der Waals surface area contributed by atoms with Crippen LogP contribution in [0.3, 0.4) is 0 Å². The zero-order chi connectivity index (χ0) is 12.2. The van der Waals surface area contributed by atoms with Crippen LogP contribution in [0, 0.1) is 0 Å². The van der Waals surface area contributed by atoms with E-state index >= 15 is 0 Å². The van der Waals surface area contributed by atoms with E-state index in [2.05, 4.69) is 17.4 Å². The third-order valence-corrected chi connectivity index (χ3v) is 3.37. The molecule has 1 fully saturated rings. The lowest BCUT2D eigenvalue weighted by Crippen LogP contribution is -2.57. The number of hydrogen-bond acceptors (Lipinski definition) is 4. The fourth-order valence-corrected chi connectivity index (χ4v) is 1.58. The Morgan fingerprint density at radius 1 is 1.38 bits per heavy atom. The summed E-state index contributed by atoms with van der Waals surface area (Å²) in [5, 5.41) is 1.97. The minimum absolute atomic E-state index is 0.0537. The quantitative estimate of drug-likeness (QED) is 0.741. The summed E-state index contributed by atoms with van der Waals surface area (Å²) >= 11 is 0. The largest absolute Gasteiger partial charge is 0.369 e. The second-order valence-electron chi connectivity index (χ2n) is 4.52. The Morgan fingerprint density at radius 2 is 1.94 bits per heavy atom. The van der Waals surface area contributed by atoms with Gasteiger partial charge in [0.25, 0.3) is 5.91 Å². The van der Waals surface area contributed by atoms with E-state index < -0.39 is 5.60 Å². The first-order chi connectivity index (χ1) is 7.51. The Balaban J connectivity index is 2.45. The summed E-state index contributed by atoms with van der Waals surface area (Å²) in [5.41, 5.74) is 2.21. The van der Waals surface area contributed by atoms with Gasteiger partial charge in [-0.2, -0.15) is 0 Å². The van der Waals surface area contributed by atoms with E-state index in [-0.39, 0.29) is 5.91 Å². The average Bonchev–Trinajstić information content (AvgIpc) is 2.31. The minimum Gasteiger partial charge on any atom is -0.369 e. The van der Waals surface area contributed by atoms with E-state index in [0.717, 1.165) is 26.2 Å². The van der Waals surface area contributed by atoms with Crippen molar-refractivity contribution in [2.75, 3.05) is 40.3 Å². The van der Waals surface area contributed by atoms with E-state index in [1.54, 1.807) is 7.11 Å². The highest BCUT2D eigenvalue weighted by molar-refractivity contribution is 5.84. The number of carbonyl (C=O) groups is 1. The molecule has 5 nitrogen and oxygen atoms in total. The average molecular weight is 229 g/mol. The number of amides is 1. The zero-order valence-electron chi connectivity index (χ0n) is 10.7. The van der Waals surface area contributed by atoms with Crippen molar-refractivity contribution in [3.63, 3.8) is 0 Å². The molecule has 1 saturated heterocycles. The lowest BCUT2D eigenvalue weighted by molar-refractivity contribution is -0.147. The van der Waals surface area contributed by atoms with Crippen molar-refractivity contribution in [3.8, 4) is 0 Å². The summed E-state index contributed by atoms with van der Waals surface area (Å²) in [4.78, 5) is 14.2. The molecule has 1 aliphatic heterocycles. The van der Waals surface area contributed by atoms with E-state index in [1.165, 1.54) is 0 Å². The standard InChI is InChI=1S/C11H23N3O2/c1-5-11(2,16-4)10(15)12-14-8-6-13(3)7-9-14/h5-9H2,1-4H3,(H,12,15). The van der Waals surface area contributed by atoms with Gasteiger partial charge in [-0.15, -0.1) is 0 Å². The molecule has 0 aromatic rings. The second kappa shape index (κ2) is 5.61. The Kier molecular flexibility index (Phi) is 4.70. The van der Waals surface area contributed by atoms with Crippen LogP contribution in [0.15, 0.2) is 0 Å². The number of methoxy groups -OCH3 is 1. The Hall–Kier alpha value is -0.650. The molecule has 1 atom stereocenters. The van der Waals surface area contributed by atoms with Gasteiger partial charge in [-0.3, -0.25) is 10.2 Å². The number of rotatable bonds is 4. The molecular weight excluding hydrogens is 206 g/mol. The van der Waals surface area contributed by atoms with Crippen molar-refractivity contribution in [2.45, 2.75) is 25.9 Å². The summed E-state index contributed by atoms with van der Waals surface area (Å²) in [6.07, 6.45) is 0.670. The highest BCUT2D eigenvalue weighted by Crippen LogP contribution is 2.14. The van der Waals surface area contributed by atoms with Crippen LogP contribution in [0.1, 0.15) is 20.3 Å². The van der Waals surface area contributed by atoms with Crippen LogP contribution in [-0.4, -0.2) is 61.8 Å². The number of nitrogens with one attached hydrogen (secondary N) is 1. The maximum Gasteiger partial charge on any atom is 0.266 e. The predicted molar refractivity (Wildman–Crippen MR) is 62.9 cm³/mol. The first kappa shape index (κ1) is 13.4. The molecule has 16 heavy (non-hydrogen) atoms. The molecule has 1 amide bonds. The van der Waals surface area contributed by atoms with Crippen molar-refractivity contribution in [1.29, 1.82) is 0 Å². The van der Waals surface area contributed by atoms with E-state index in [1.807, 2.05) is 18.9 Å². The van der Waals surface area contributed by atoms with Crippen molar-refractivity contribution in [1.82, 2.24) is 15.3 Å². The van der Waals surface area contributed by atoms with Gasteiger partial charge in [0.15, 0.2) is 0 Å². The molecule has 94 valence electrons. The molecule has 0 spiro atoms. The Bertz CT molecular complexity index is 233. The summed E-state index contributed by atoms with van der Waals surface area (Å²) in [6, 6.07) is 0. The van der Waals surface area contributed by atoms with Crippen LogP contribution in [-0.2, 0) is 9.53 Å². The summed E-state index contributed by atoms with van der Waals surface area (Å²) in [5.74, 6) is -0.0537. The molecule has 0 radical (unpaired) electrons. The van der Waals surface area contributed by atoms with Crippen LogP contribution in [0.2, 0.25) is 0 Å². The maximum absolute atomic E-state index is 12.0.